The summed E-state index contributed by atoms with van der Waals surface area (Å²) in [6.45, 7) is 4.23. The zero-order valence-electron chi connectivity index (χ0n) is 16.6. The van der Waals surface area contributed by atoms with Gasteiger partial charge in [0.15, 0.2) is 5.13 Å². The van der Waals surface area contributed by atoms with Crippen LogP contribution in [0.25, 0.3) is 0 Å². The van der Waals surface area contributed by atoms with Crippen molar-refractivity contribution in [1.82, 2.24) is 9.88 Å². The van der Waals surface area contributed by atoms with Gasteiger partial charge in [-0.15, -0.1) is 11.3 Å². The van der Waals surface area contributed by atoms with E-state index in [4.69, 9.17) is 4.74 Å². The number of alkyl halides is 3. The number of carbonyl (C=O) groups excluding carboxylic acids is 2. The molecule has 1 atom stereocenters. The van der Waals surface area contributed by atoms with Crippen LogP contribution in [0.3, 0.4) is 0 Å². The molecule has 1 aliphatic heterocycles. The summed E-state index contributed by atoms with van der Waals surface area (Å²) in [7, 11) is 0. The minimum Gasteiger partial charge on any atom is -0.376 e. The Balaban J connectivity index is 1.73. The van der Waals surface area contributed by atoms with Crippen molar-refractivity contribution in [3.8, 4) is 0 Å². The highest BCUT2D eigenvalue weighted by Crippen LogP contribution is 2.29. The lowest BCUT2D eigenvalue weighted by Gasteiger charge is -2.25. The summed E-state index contributed by atoms with van der Waals surface area (Å²) < 4.78 is 43.9. The molecule has 2 aromatic rings. The predicted octanol–water partition coefficient (Wildman–Crippen LogP) is 4.04. The minimum atomic E-state index is -4.48. The Bertz CT molecular complexity index is 887. The zero-order valence-corrected chi connectivity index (χ0v) is 17.4. The Kier molecular flexibility index (Phi) is 6.77. The van der Waals surface area contributed by atoms with Gasteiger partial charge in [-0.25, -0.2) is 4.98 Å². The molecule has 1 saturated heterocycles. The Morgan fingerprint density at radius 1 is 1.27 bits per heavy atom. The first kappa shape index (κ1) is 22.2. The van der Waals surface area contributed by atoms with Gasteiger partial charge in [-0.1, -0.05) is 0 Å². The number of anilines is 1. The average molecular weight is 441 g/mol. The highest BCUT2D eigenvalue weighted by molar-refractivity contribution is 7.15. The maximum Gasteiger partial charge on any atom is 0.416 e. The van der Waals surface area contributed by atoms with Crippen molar-refractivity contribution in [1.29, 1.82) is 0 Å². The van der Waals surface area contributed by atoms with E-state index in [1.54, 1.807) is 0 Å². The SMILES string of the molecule is Cc1nc(NC(=O)CN(CC2CCCO2)C(=O)c2ccc(C(F)(F)F)cc2)sc1C. The second-order valence-electron chi connectivity index (χ2n) is 7.10. The highest BCUT2D eigenvalue weighted by atomic mass is 32.1. The molecule has 6 nitrogen and oxygen atoms in total. The number of aryl methyl sites for hydroxylation is 2. The van der Waals surface area contributed by atoms with Crippen molar-refractivity contribution in [3.05, 3.63) is 46.0 Å². The van der Waals surface area contributed by atoms with Crippen molar-refractivity contribution in [2.45, 2.75) is 39.0 Å². The third kappa shape index (κ3) is 5.57. The van der Waals surface area contributed by atoms with Crippen LogP contribution >= 0.6 is 11.3 Å². The third-order valence-corrected chi connectivity index (χ3v) is 5.79. The molecule has 162 valence electrons. The quantitative estimate of drug-likeness (QED) is 0.735. The number of benzene rings is 1. The van der Waals surface area contributed by atoms with Crippen LogP contribution < -0.4 is 5.32 Å². The lowest BCUT2D eigenvalue weighted by Crippen LogP contribution is -2.42. The Morgan fingerprint density at radius 3 is 2.50 bits per heavy atom. The first-order valence-electron chi connectivity index (χ1n) is 9.45. The molecular formula is C20H22F3N3O3S. The third-order valence-electron chi connectivity index (χ3n) is 4.80. The summed E-state index contributed by atoms with van der Waals surface area (Å²) in [5.74, 6) is -0.956. The summed E-state index contributed by atoms with van der Waals surface area (Å²) in [6.07, 6.45) is -3.08. The number of hydrogen-bond donors (Lipinski definition) is 1. The van der Waals surface area contributed by atoms with E-state index >= 15 is 0 Å². The van der Waals surface area contributed by atoms with Crippen LogP contribution in [0.15, 0.2) is 24.3 Å². The summed E-state index contributed by atoms with van der Waals surface area (Å²) >= 11 is 1.33. The predicted molar refractivity (Wildman–Crippen MR) is 107 cm³/mol. The molecule has 2 heterocycles. The van der Waals surface area contributed by atoms with Gasteiger partial charge >= 0.3 is 6.18 Å². The fourth-order valence-corrected chi connectivity index (χ4v) is 3.93. The van der Waals surface area contributed by atoms with Crippen LogP contribution in [0.4, 0.5) is 18.3 Å². The van der Waals surface area contributed by atoms with Crippen molar-refractivity contribution >= 4 is 28.3 Å². The van der Waals surface area contributed by atoms with Gasteiger partial charge in [-0.2, -0.15) is 13.2 Å². The first-order valence-corrected chi connectivity index (χ1v) is 10.3. The molecule has 0 saturated carbocycles. The highest BCUT2D eigenvalue weighted by Gasteiger charge is 2.31. The van der Waals surface area contributed by atoms with Crippen molar-refractivity contribution in [2.24, 2.45) is 0 Å². The molecule has 0 spiro atoms. The molecule has 3 rings (SSSR count). The van der Waals surface area contributed by atoms with E-state index in [0.29, 0.717) is 11.7 Å². The van der Waals surface area contributed by atoms with E-state index < -0.39 is 23.6 Å². The Labute approximate surface area is 176 Å². The van der Waals surface area contributed by atoms with E-state index in [1.165, 1.54) is 16.2 Å². The number of thiazole rings is 1. The van der Waals surface area contributed by atoms with E-state index in [1.807, 2.05) is 13.8 Å². The second kappa shape index (κ2) is 9.13. The van der Waals surface area contributed by atoms with Gasteiger partial charge in [0.05, 0.1) is 17.4 Å². The number of nitrogens with one attached hydrogen (secondary N) is 1. The minimum absolute atomic E-state index is 0.0785. The molecule has 30 heavy (non-hydrogen) atoms. The van der Waals surface area contributed by atoms with Crippen LogP contribution in [0, 0.1) is 13.8 Å². The van der Waals surface area contributed by atoms with Crippen LogP contribution in [0.1, 0.15) is 39.3 Å². The molecule has 1 aliphatic rings. The molecule has 1 aromatic heterocycles. The van der Waals surface area contributed by atoms with Gasteiger partial charge in [0.2, 0.25) is 5.91 Å². The summed E-state index contributed by atoms with van der Waals surface area (Å²) in [6, 6.07) is 3.97. The Hall–Kier alpha value is -2.46. The van der Waals surface area contributed by atoms with Crippen LogP contribution in [-0.2, 0) is 15.7 Å². The van der Waals surface area contributed by atoms with Crippen LogP contribution in [-0.4, -0.2) is 47.5 Å². The van der Waals surface area contributed by atoms with E-state index in [0.717, 1.165) is 47.7 Å². The van der Waals surface area contributed by atoms with Gasteiger partial charge in [-0.3, -0.25) is 9.59 Å². The molecule has 1 aromatic carbocycles. The van der Waals surface area contributed by atoms with Crippen molar-refractivity contribution in [2.75, 3.05) is 25.0 Å². The number of amides is 2. The normalized spacial score (nSPS) is 16.5. The van der Waals surface area contributed by atoms with Crippen molar-refractivity contribution < 1.29 is 27.5 Å². The smallest absolute Gasteiger partial charge is 0.376 e. The number of halogens is 3. The summed E-state index contributed by atoms with van der Waals surface area (Å²) in [5.41, 5.74) is 0.0547. The number of rotatable bonds is 6. The summed E-state index contributed by atoms with van der Waals surface area (Å²) in [4.78, 5) is 32.0. The van der Waals surface area contributed by atoms with Gasteiger partial charge in [0, 0.05) is 23.6 Å². The molecule has 0 aliphatic carbocycles. The molecule has 1 unspecified atom stereocenters. The van der Waals surface area contributed by atoms with Crippen molar-refractivity contribution in [3.63, 3.8) is 0 Å². The van der Waals surface area contributed by atoms with E-state index in [-0.39, 0.29) is 24.8 Å². The number of carbonyl (C=O) groups is 2. The largest absolute Gasteiger partial charge is 0.416 e. The standard InChI is InChI=1S/C20H22F3N3O3S/c1-12-13(2)30-19(24-12)25-17(27)11-26(10-16-4-3-9-29-16)18(28)14-5-7-15(8-6-14)20(21,22)23/h5-8,16H,3-4,9-11H2,1-2H3,(H,24,25,27). The molecule has 1 fully saturated rings. The topological polar surface area (TPSA) is 71.5 Å². The second-order valence-corrected chi connectivity index (χ2v) is 8.31. The number of hydrogen-bond acceptors (Lipinski definition) is 5. The van der Waals surface area contributed by atoms with Gasteiger partial charge in [0.25, 0.3) is 5.91 Å². The Morgan fingerprint density at radius 2 is 1.97 bits per heavy atom. The van der Waals surface area contributed by atoms with Gasteiger partial charge in [0.1, 0.15) is 6.54 Å². The molecule has 1 N–H and O–H groups in total. The van der Waals surface area contributed by atoms with E-state index in [9.17, 15) is 22.8 Å². The first-order chi connectivity index (χ1) is 14.1. The average Bonchev–Trinajstić information content (AvgIpc) is 3.29. The number of ether oxygens (including phenoxy) is 1. The van der Waals surface area contributed by atoms with Crippen LogP contribution in [0.5, 0.6) is 0 Å². The van der Waals surface area contributed by atoms with Gasteiger partial charge < -0.3 is 15.0 Å². The number of aromatic nitrogens is 1. The summed E-state index contributed by atoms with van der Waals surface area (Å²) in [5, 5.41) is 3.12. The maximum atomic E-state index is 12.9. The van der Waals surface area contributed by atoms with Gasteiger partial charge in [-0.05, 0) is 51.0 Å². The molecule has 10 heteroatoms. The number of nitrogens with zero attached hydrogens (tertiary/aromatic N) is 2. The molecule has 0 bridgehead atoms. The zero-order chi connectivity index (χ0) is 21.9. The van der Waals surface area contributed by atoms with E-state index in [2.05, 4.69) is 10.3 Å². The maximum absolute atomic E-state index is 12.9. The lowest BCUT2D eigenvalue weighted by atomic mass is 10.1. The lowest BCUT2D eigenvalue weighted by molar-refractivity contribution is -0.137. The molecule has 2 amide bonds. The fourth-order valence-electron chi connectivity index (χ4n) is 3.10. The molecule has 0 radical (unpaired) electrons. The molecular weight excluding hydrogens is 419 g/mol. The van der Waals surface area contributed by atoms with Crippen LogP contribution in [0.2, 0.25) is 0 Å². The monoisotopic (exact) mass is 441 g/mol. The fraction of sp³-hybridized carbons (Fsp3) is 0.450.